The van der Waals surface area contributed by atoms with E-state index in [0.717, 1.165) is 12.5 Å². The van der Waals surface area contributed by atoms with Crippen molar-refractivity contribution in [2.75, 3.05) is 41.0 Å². The van der Waals surface area contributed by atoms with Crippen molar-refractivity contribution in [2.45, 2.75) is 44.6 Å². The van der Waals surface area contributed by atoms with Gasteiger partial charge in [0.15, 0.2) is 11.5 Å². The fraction of sp³-hybridized carbons (Fsp3) is 0.667. The maximum absolute atomic E-state index is 12.4. The first-order chi connectivity index (χ1) is 12.6. The number of hydrogen-bond acceptors (Lipinski definition) is 4. The van der Waals surface area contributed by atoms with Crippen LogP contribution in [0.1, 0.15) is 48.9 Å². The maximum atomic E-state index is 12.4. The number of rotatable bonds is 6. The van der Waals surface area contributed by atoms with Crippen LogP contribution in [-0.4, -0.2) is 57.5 Å². The molecule has 0 amide bonds. The second-order valence-corrected chi connectivity index (χ2v) is 7.89. The zero-order valence-electron chi connectivity index (χ0n) is 16.3. The Balaban J connectivity index is 1.55. The van der Waals surface area contributed by atoms with Gasteiger partial charge in [-0.1, -0.05) is 0 Å². The van der Waals surface area contributed by atoms with Crippen molar-refractivity contribution in [3.05, 3.63) is 23.8 Å². The number of esters is 1. The molecule has 0 bridgehead atoms. The van der Waals surface area contributed by atoms with Crippen molar-refractivity contribution in [1.82, 2.24) is 0 Å². The fourth-order valence-corrected chi connectivity index (χ4v) is 4.92. The van der Waals surface area contributed by atoms with E-state index in [0.29, 0.717) is 29.6 Å². The van der Waals surface area contributed by atoms with E-state index in [-0.39, 0.29) is 5.97 Å². The first-order valence-corrected chi connectivity index (χ1v) is 9.81. The van der Waals surface area contributed by atoms with Crippen molar-refractivity contribution in [3.63, 3.8) is 0 Å². The molecule has 144 valence electrons. The highest BCUT2D eigenvalue weighted by Gasteiger charge is 2.43. The minimum atomic E-state index is -0.289. The average Bonchev–Trinajstić information content (AvgIpc) is 2.66. The summed E-state index contributed by atoms with van der Waals surface area (Å²) in [5.41, 5.74) is 0.504. The second kappa shape index (κ2) is 8.30. The largest absolute Gasteiger partial charge is 0.493 e. The first kappa shape index (κ1) is 19.0. The second-order valence-electron chi connectivity index (χ2n) is 7.89. The molecule has 0 aromatic heterocycles. The van der Waals surface area contributed by atoms with E-state index in [1.807, 2.05) is 0 Å². The summed E-state index contributed by atoms with van der Waals surface area (Å²) in [6, 6.07) is 5.88. The van der Waals surface area contributed by atoms with Crippen LogP contribution in [0, 0.1) is 5.92 Å². The smallest absolute Gasteiger partial charge is 0.338 e. The van der Waals surface area contributed by atoms with Crippen LogP contribution in [0.4, 0.5) is 0 Å². The van der Waals surface area contributed by atoms with Gasteiger partial charge >= 0.3 is 5.97 Å². The molecule has 3 atom stereocenters. The Morgan fingerprint density at radius 1 is 1.08 bits per heavy atom. The summed E-state index contributed by atoms with van der Waals surface area (Å²) in [4.78, 5) is 12.4. The van der Waals surface area contributed by atoms with Crippen molar-refractivity contribution in [3.8, 4) is 11.5 Å². The SMILES string of the molecule is COc1ccc(C(=O)OCC[C@@H]2CCC[N@@+]3(C)CCCC[C@H]23)cc1OC. The number of piperidine rings is 2. The van der Waals surface area contributed by atoms with Gasteiger partial charge in [-0.3, -0.25) is 0 Å². The van der Waals surface area contributed by atoms with Crippen LogP contribution in [0.3, 0.4) is 0 Å². The van der Waals surface area contributed by atoms with Crippen LogP contribution in [0.15, 0.2) is 18.2 Å². The molecule has 2 aliphatic rings. The van der Waals surface area contributed by atoms with Gasteiger partial charge in [-0.15, -0.1) is 0 Å². The lowest BCUT2D eigenvalue weighted by atomic mass is 9.80. The third kappa shape index (κ3) is 3.98. The Kier molecular flexibility index (Phi) is 6.07. The number of quaternary nitrogens is 1. The first-order valence-electron chi connectivity index (χ1n) is 9.81. The van der Waals surface area contributed by atoms with Gasteiger partial charge in [0.1, 0.15) is 0 Å². The van der Waals surface area contributed by atoms with Gasteiger partial charge in [0.2, 0.25) is 0 Å². The van der Waals surface area contributed by atoms with Crippen LogP contribution >= 0.6 is 0 Å². The van der Waals surface area contributed by atoms with Crippen molar-refractivity contribution < 1.29 is 23.5 Å². The number of fused-ring (bicyclic) bond motifs is 1. The minimum Gasteiger partial charge on any atom is -0.493 e. The van der Waals surface area contributed by atoms with E-state index in [4.69, 9.17) is 14.2 Å². The summed E-state index contributed by atoms with van der Waals surface area (Å²) >= 11 is 0. The van der Waals surface area contributed by atoms with Gasteiger partial charge in [-0.25, -0.2) is 4.79 Å². The van der Waals surface area contributed by atoms with Gasteiger partial charge in [0, 0.05) is 5.92 Å². The molecule has 3 rings (SSSR count). The summed E-state index contributed by atoms with van der Waals surface area (Å²) in [5.74, 6) is 1.54. The van der Waals surface area contributed by atoms with Crippen LogP contribution in [-0.2, 0) is 4.74 Å². The molecule has 0 saturated carbocycles. The number of ether oxygens (including phenoxy) is 3. The zero-order valence-corrected chi connectivity index (χ0v) is 16.3. The monoisotopic (exact) mass is 362 g/mol. The van der Waals surface area contributed by atoms with Gasteiger partial charge in [-0.05, 0) is 56.7 Å². The van der Waals surface area contributed by atoms with E-state index in [9.17, 15) is 4.79 Å². The fourth-order valence-electron chi connectivity index (χ4n) is 4.92. The number of hydrogen-bond donors (Lipinski definition) is 0. The molecule has 0 spiro atoms. The Labute approximate surface area is 156 Å². The predicted octanol–water partition coefficient (Wildman–Crippen LogP) is 3.66. The molecule has 26 heavy (non-hydrogen) atoms. The van der Waals surface area contributed by atoms with E-state index >= 15 is 0 Å². The predicted molar refractivity (Wildman–Crippen MR) is 101 cm³/mol. The zero-order chi connectivity index (χ0) is 18.6. The standard InChI is InChI=1S/C21H32NO4/c1-22-12-5-4-8-18(22)16(7-6-13-22)11-14-26-21(23)17-9-10-19(24-2)20(15-17)25-3/h9-10,15-16,18H,4-8,11-14H2,1-3H3/q+1/t16-,18+,22+/m0/s1. The highest BCUT2D eigenvalue weighted by molar-refractivity contribution is 5.90. The summed E-state index contributed by atoms with van der Waals surface area (Å²) in [6.45, 7) is 3.12. The molecule has 1 aromatic carbocycles. The van der Waals surface area contributed by atoms with Crippen LogP contribution < -0.4 is 9.47 Å². The van der Waals surface area contributed by atoms with Crippen molar-refractivity contribution in [1.29, 1.82) is 0 Å². The van der Waals surface area contributed by atoms with Gasteiger partial charge in [-0.2, -0.15) is 0 Å². The normalized spacial score (nSPS) is 28.1. The quantitative estimate of drug-likeness (QED) is 0.572. The van der Waals surface area contributed by atoms with Crippen LogP contribution in [0.5, 0.6) is 11.5 Å². The summed E-state index contributed by atoms with van der Waals surface area (Å²) in [6.07, 6.45) is 7.56. The summed E-state index contributed by atoms with van der Waals surface area (Å²) in [5, 5.41) is 0. The Hall–Kier alpha value is -1.75. The highest BCUT2D eigenvalue weighted by Crippen LogP contribution is 2.37. The van der Waals surface area contributed by atoms with E-state index in [1.165, 1.54) is 49.7 Å². The molecular weight excluding hydrogens is 330 g/mol. The Morgan fingerprint density at radius 3 is 2.62 bits per heavy atom. The molecular formula is C21H32NO4+. The van der Waals surface area contributed by atoms with Gasteiger partial charge in [0.25, 0.3) is 0 Å². The lowest BCUT2D eigenvalue weighted by molar-refractivity contribution is -0.947. The number of carbonyl (C=O) groups is 1. The van der Waals surface area contributed by atoms with Crippen molar-refractivity contribution in [2.24, 2.45) is 5.92 Å². The molecule has 2 saturated heterocycles. The lowest BCUT2D eigenvalue weighted by Crippen LogP contribution is -2.60. The highest BCUT2D eigenvalue weighted by atomic mass is 16.5. The number of benzene rings is 1. The van der Waals surface area contributed by atoms with Crippen molar-refractivity contribution >= 4 is 5.97 Å². The third-order valence-corrected chi connectivity index (χ3v) is 6.35. The molecule has 0 aliphatic carbocycles. The number of methoxy groups -OCH3 is 2. The van der Waals surface area contributed by atoms with Gasteiger partial charge < -0.3 is 18.7 Å². The molecule has 2 heterocycles. The summed E-state index contributed by atoms with van der Waals surface area (Å²) in [7, 11) is 5.57. The number of carbonyl (C=O) groups excluding carboxylic acids is 1. The van der Waals surface area contributed by atoms with Crippen LogP contribution in [0.2, 0.25) is 0 Å². The molecule has 0 unspecified atom stereocenters. The molecule has 1 aromatic rings. The van der Waals surface area contributed by atoms with E-state index in [1.54, 1.807) is 32.4 Å². The molecule has 5 heteroatoms. The van der Waals surface area contributed by atoms with E-state index in [2.05, 4.69) is 7.05 Å². The van der Waals surface area contributed by atoms with Gasteiger partial charge in [0.05, 0.1) is 52.6 Å². The molecule has 2 aliphatic heterocycles. The Morgan fingerprint density at radius 2 is 1.85 bits per heavy atom. The average molecular weight is 362 g/mol. The maximum Gasteiger partial charge on any atom is 0.338 e. The van der Waals surface area contributed by atoms with E-state index < -0.39 is 0 Å². The third-order valence-electron chi connectivity index (χ3n) is 6.35. The molecule has 0 radical (unpaired) electrons. The molecule has 2 fully saturated rings. The number of nitrogens with zero attached hydrogens (tertiary/aromatic N) is 1. The topological polar surface area (TPSA) is 44.8 Å². The van der Waals surface area contributed by atoms with Crippen LogP contribution in [0.25, 0.3) is 0 Å². The molecule has 5 nitrogen and oxygen atoms in total. The summed E-state index contributed by atoms with van der Waals surface area (Å²) < 4.78 is 17.3. The minimum absolute atomic E-state index is 0.289. The Bertz CT molecular complexity index is 628. The molecule has 0 N–H and O–H groups in total. The lowest BCUT2D eigenvalue weighted by Gasteiger charge is -2.51.